The van der Waals surface area contributed by atoms with E-state index in [0.717, 1.165) is 37.5 Å². The van der Waals surface area contributed by atoms with Crippen molar-refractivity contribution in [3.63, 3.8) is 0 Å². The summed E-state index contributed by atoms with van der Waals surface area (Å²) >= 11 is 0. The number of nitrogens with zero attached hydrogens (tertiary/aromatic N) is 3. The fourth-order valence-electron chi connectivity index (χ4n) is 2.76. The number of aliphatic imine (C=N–C) groups is 1. The van der Waals surface area contributed by atoms with Gasteiger partial charge in [0.15, 0.2) is 5.96 Å². The van der Waals surface area contributed by atoms with E-state index >= 15 is 0 Å². The van der Waals surface area contributed by atoms with Gasteiger partial charge in [0.05, 0.1) is 0 Å². The highest BCUT2D eigenvalue weighted by molar-refractivity contribution is 5.94. The van der Waals surface area contributed by atoms with Gasteiger partial charge in [0.1, 0.15) is 0 Å². The van der Waals surface area contributed by atoms with E-state index in [1.807, 2.05) is 36.7 Å². The Hall–Kier alpha value is -2.89. The largest absolute Gasteiger partial charge is 0.356 e. The number of guanidine groups is 1. The molecule has 1 aromatic carbocycles. The van der Waals surface area contributed by atoms with Crippen LogP contribution >= 0.6 is 0 Å². The van der Waals surface area contributed by atoms with Crippen LogP contribution in [0.2, 0.25) is 0 Å². The Morgan fingerprint density at radius 3 is 2.56 bits per heavy atom. The number of nitrogens with one attached hydrogen (secondary N) is 2. The van der Waals surface area contributed by atoms with Crippen LogP contribution in [0.5, 0.6) is 0 Å². The van der Waals surface area contributed by atoms with Crippen molar-refractivity contribution in [2.24, 2.45) is 4.99 Å². The fourth-order valence-corrected chi connectivity index (χ4v) is 2.76. The first-order chi connectivity index (χ1) is 13.0. The average molecular weight is 367 g/mol. The minimum absolute atomic E-state index is 0.0219. The predicted molar refractivity (Wildman–Crippen MR) is 110 cm³/mol. The molecule has 2 aromatic rings. The van der Waals surface area contributed by atoms with Crippen molar-refractivity contribution in [1.82, 2.24) is 20.5 Å². The van der Waals surface area contributed by atoms with Crippen LogP contribution in [0.25, 0.3) is 0 Å². The summed E-state index contributed by atoms with van der Waals surface area (Å²) in [6.45, 7) is 3.62. The van der Waals surface area contributed by atoms with E-state index in [1.165, 1.54) is 11.1 Å². The number of carbonyl (C=O) groups excluding carboxylic acids is 1. The summed E-state index contributed by atoms with van der Waals surface area (Å²) in [7, 11) is 5.29. The molecule has 1 aromatic heterocycles. The molecule has 0 aliphatic rings. The lowest BCUT2D eigenvalue weighted by atomic mass is 10.1. The summed E-state index contributed by atoms with van der Waals surface area (Å²) in [6, 6.07) is 9.81. The van der Waals surface area contributed by atoms with E-state index in [2.05, 4.69) is 33.6 Å². The molecule has 0 unspecified atom stereocenters. The maximum absolute atomic E-state index is 12.1. The molecule has 6 heteroatoms. The number of benzene rings is 1. The van der Waals surface area contributed by atoms with Crippen LogP contribution in [0.4, 0.5) is 0 Å². The van der Waals surface area contributed by atoms with Crippen LogP contribution in [-0.4, -0.2) is 56.0 Å². The lowest BCUT2D eigenvalue weighted by Gasteiger charge is -2.13. The Labute approximate surface area is 161 Å². The van der Waals surface area contributed by atoms with Crippen LogP contribution in [0.1, 0.15) is 27.0 Å². The first-order valence-electron chi connectivity index (χ1n) is 9.16. The van der Waals surface area contributed by atoms with Gasteiger partial charge < -0.3 is 15.5 Å². The highest BCUT2D eigenvalue weighted by Gasteiger charge is 2.08. The third-order valence-corrected chi connectivity index (χ3v) is 4.33. The van der Waals surface area contributed by atoms with Crippen LogP contribution in [0, 0.1) is 6.92 Å². The minimum Gasteiger partial charge on any atom is -0.356 e. The lowest BCUT2D eigenvalue weighted by Crippen LogP contribution is -2.39. The van der Waals surface area contributed by atoms with Crippen molar-refractivity contribution in [3.8, 4) is 0 Å². The molecule has 2 N–H and O–H groups in total. The van der Waals surface area contributed by atoms with Gasteiger partial charge in [-0.3, -0.25) is 14.8 Å². The van der Waals surface area contributed by atoms with Crippen LogP contribution in [0.15, 0.2) is 47.7 Å². The molecule has 0 aliphatic heterocycles. The molecule has 0 bridgehead atoms. The molecule has 0 atom stereocenters. The van der Waals surface area contributed by atoms with Gasteiger partial charge in [-0.15, -0.1) is 0 Å². The standard InChI is InChI=1S/C21H29N5O/c1-16-15-23-11-9-18(16)10-13-25-21(22-2)24-12-8-17-6-5-7-19(14-17)20(27)26(3)4/h5-7,9,11,14-15H,8,10,12-13H2,1-4H3,(H2,22,24,25). The molecule has 0 saturated heterocycles. The van der Waals surface area contributed by atoms with Crippen LogP contribution in [0.3, 0.4) is 0 Å². The van der Waals surface area contributed by atoms with Gasteiger partial charge >= 0.3 is 0 Å². The zero-order valence-corrected chi connectivity index (χ0v) is 16.6. The highest BCUT2D eigenvalue weighted by atomic mass is 16.2. The Morgan fingerprint density at radius 1 is 1.15 bits per heavy atom. The summed E-state index contributed by atoms with van der Waals surface area (Å²) < 4.78 is 0. The van der Waals surface area contributed by atoms with Crippen LogP contribution in [-0.2, 0) is 12.8 Å². The molecule has 0 spiro atoms. The minimum atomic E-state index is 0.0219. The second-order valence-corrected chi connectivity index (χ2v) is 6.63. The summed E-state index contributed by atoms with van der Waals surface area (Å²) in [4.78, 5) is 22.0. The fraction of sp³-hybridized carbons (Fsp3) is 0.381. The second-order valence-electron chi connectivity index (χ2n) is 6.63. The Morgan fingerprint density at radius 2 is 1.89 bits per heavy atom. The van der Waals surface area contributed by atoms with E-state index in [-0.39, 0.29) is 5.91 Å². The average Bonchev–Trinajstić information content (AvgIpc) is 2.67. The Bertz CT molecular complexity index is 786. The molecule has 6 nitrogen and oxygen atoms in total. The van der Waals surface area contributed by atoms with Gasteiger partial charge in [0.25, 0.3) is 5.91 Å². The summed E-state index contributed by atoms with van der Waals surface area (Å²) in [5.74, 6) is 0.802. The topological polar surface area (TPSA) is 69.6 Å². The molecule has 0 aliphatic carbocycles. The number of aryl methyl sites for hydroxylation is 1. The molecular formula is C21H29N5O. The van der Waals surface area contributed by atoms with Gasteiger partial charge in [-0.1, -0.05) is 12.1 Å². The van der Waals surface area contributed by atoms with Crippen molar-refractivity contribution in [3.05, 3.63) is 65.0 Å². The number of pyridine rings is 1. The van der Waals surface area contributed by atoms with Gasteiger partial charge in [0, 0.05) is 52.2 Å². The van der Waals surface area contributed by atoms with E-state index in [0.29, 0.717) is 5.56 Å². The lowest BCUT2D eigenvalue weighted by molar-refractivity contribution is 0.0827. The van der Waals surface area contributed by atoms with E-state index < -0.39 is 0 Å². The molecule has 0 saturated carbocycles. The van der Waals surface area contributed by atoms with Gasteiger partial charge in [-0.2, -0.15) is 0 Å². The van der Waals surface area contributed by atoms with Crippen molar-refractivity contribution in [2.45, 2.75) is 19.8 Å². The van der Waals surface area contributed by atoms with Crippen molar-refractivity contribution in [2.75, 3.05) is 34.2 Å². The number of hydrogen-bond acceptors (Lipinski definition) is 3. The first-order valence-corrected chi connectivity index (χ1v) is 9.16. The molecule has 1 heterocycles. The molecule has 27 heavy (non-hydrogen) atoms. The SMILES string of the molecule is CN=C(NCCc1cccc(C(=O)N(C)C)c1)NCCc1ccncc1C. The smallest absolute Gasteiger partial charge is 0.253 e. The maximum atomic E-state index is 12.1. The molecule has 1 amide bonds. The quantitative estimate of drug-likeness (QED) is 0.580. The maximum Gasteiger partial charge on any atom is 0.253 e. The monoisotopic (exact) mass is 367 g/mol. The van der Waals surface area contributed by atoms with E-state index in [9.17, 15) is 4.79 Å². The Kier molecular flexibility index (Phi) is 7.79. The second kappa shape index (κ2) is 10.3. The van der Waals surface area contributed by atoms with Gasteiger partial charge in [0.2, 0.25) is 0 Å². The predicted octanol–water partition coefficient (Wildman–Crippen LogP) is 2.04. The number of rotatable bonds is 7. The number of carbonyl (C=O) groups is 1. The van der Waals surface area contributed by atoms with E-state index in [4.69, 9.17) is 0 Å². The third kappa shape index (κ3) is 6.40. The number of aromatic nitrogens is 1. The number of hydrogen-bond donors (Lipinski definition) is 2. The van der Waals surface area contributed by atoms with Gasteiger partial charge in [-0.05, 0) is 54.7 Å². The van der Waals surface area contributed by atoms with Crippen molar-refractivity contribution in [1.29, 1.82) is 0 Å². The highest BCUT2D eigenvalue weighted by Crippen LogP contribution is 2.08. The van der Waals surface area contributed by atoms with Crippen molar-refractivity contribution < 1.29 is 4.79 Å². The van der Waals surface area contributed by atoms with Crippen molar-refractivity contribution >= 4 is 11.9 Å². The zero-order chi connectivity index (χ0) is 19.6. The summed E-state index contributed by atoms with van der Waals surface area (Å²) in [6.07, 6.45) is 5.45. The Balaban J connectivity index is 1.79. The molecule has 0 fully saturated rings. The normalized spacial score (nSPS) is 11.2. The molecule has 2 rings (SSSR count). The first kappa shape index (κ1) is 20.4. The molecular weight excluding hydrogens is 338 g/mol. The zero-order valence-electron chi connectivity index (χ0n) is 16.6. The molecule has 0 radical (unpaired) electrons. The summed E-state index contributed by atoms with van der Waals surface area (Å²) in [5.41, 5.74) is 4.33. The number of amides is 1. The van der Waals surface area contributed by atoms with Crippen LogP contribution < -0.4 is 10.6 Å². The van der Waals surface area contributed by atoms with Gasteiger partial charge in [-0.25, -0.2) is 0 Å². The third-order valence-electron chi connectivity index (χ3n) is 4.33. The molecule has 144 valence electrons. The van der Waals surface area contributed by atoms with E-state index in [1.54, 1.807) is 26.0 Å². The summed E-state index contributed by atoms with van der Waals surface area (Å²) in [5, 5.41) is 6.66.